The molecule has 0 radical (unpaired) electrons. The molecule has 0 spiro atoms. The first kappa shape index (κ1) is 27.6. The van der Waals surface area contributed by atoms with Gasteiger partial charge in [-0.1, -0.05) is 44.2 Å². The molecule has 0 atom stereocenters. The fraction of sp³-hybridized carbons (Fsp3) is 0.483. The number of amides is 1. The van der Waals surface area contributed by atoms with E-state index in [1.54, 1.807) is 29.6 Å². The maximum atomic E-state index is 13.2. The van der Waals surface area contributed by atoms with Crippen LogP contribution in [-0.2, 0) is 19.6 Å². The molecule has 2 heterocycles. The molecule has 2 N–H and O–H groups in total. The number of carbonyl (C=O) groups is 1. The normalized spacial score (nSPS) is 11.2. The number of hydrogen-bond donors (Lipinski definition) is 2. The molecule has 0 aliphatic rings. The predicted octanol–water partition coefficient (Wildman–Crippen LogP) is 4.95. The second kappa shape index (κ2) is 15.2. The van der Waals surface area contributed by atoms with Crippen LogP contribution in [-0.4, -0.2) is 56.8 Å². The smallest absolute Gasteiger partial charge is 0.273 e. The fourth-order valence-corrected chi connectivity index (χ4v) is 4.29. The lowest BCUT2D eigenvalue weighted by Gasteiger charge is -2.22. The van der Waals surface area contributed by atoms with Crippen LogP contribution >= 0.6 is 0 Å². The van der Waals surface area contributed by atoms with Crippen molar-refractivity contribution in [1.82, 2.24) is 30.1 Å². The number of pyridine rings is 1. The molecule has 1 amide bonds. The molecule has 0 saturated heterocycles. The Morgan fingerprint density at radius 1 is 0.917 bits per heavy atom. The van der Waals surface area contributed by atoms with Gasteiger partial charge in [-0.25, -0.2) is 4.98 Å². The summed E-state index contributed by atoms with van der Waals surface area (Å²) in [5.74, 6) is 0.650. The van der Waals surface area contributed by atoms with Crippen molar-refractivity contribution in [2.45, 2.75) is 66.1 Å². The van der Waals surface area contributed by atoms with Crippen LogP contribution in [0.3, 0.4) is 0 Å². The molecule has 2 aromatic heterocycles. The number of nitrogens with one attached hydrogen (secondary N) is 2. The van der Waals surface area contributed by atoms with E-state index < -0.39 is 0 Å². The molecule has 0 bridgehead atoms. The van der Waals surface area contributed by atoms with Crippen molar-refractivity contribution in [1.29, 1.82) is 0 Å². The van der Waals surface area contributed by atoms with E-state index in [9.17, 15) is 4.79 Å². The van der Waals surface area contributed by atoms with Gasteiger partial charge in [0.05, 0.1) is 6.54 Å². The van der Waals surface area contributed by atoms with E-state index in [0.717, 1.165) is 30.0 Å². The SMILES string of the molecule is CCCN(CCC)CCCCNCc1ccc(CN(Cc2ncc[nH]2)C(=O)c2ccc(C)cn2)cc1. The molecule has 7 nitrogen and oxygen atoms in total. The summed E-state index contributed by atoms with van der Waals surface area (Å²) in [5, 5.41) is 3.57. The average Bonchev–Trinajstić information content (AvgIpc) is 3.40. The number of rotatable bonds is 16. The zero-order chi connectivity index (χ0) is 25.6. The number of unbranched alkanes of at least 4 members (excludes halogenated alkanes) is 1. The first-order valence-electron chi connectivity index (χ1n) is 13.3. The quantitative estimate of drug-likeness (QED) is 0.278. The minimum atomic E-state index is -0.103. The van der Waals surface area contributed by atoms with E-state index in [1.807, 2.05) is 13.0 Å². The summed E-state index contributed by atoms with van der Waals surface area (Å²) in [6, 6.07) is 12.2. The highest BCUT2D eigenvalue weighted by Gasteiger charge is 2.19. The lowest BCUT2D eigenvalue weighted by molar-refractivity contribution is 0.0720. The molecule has 0 aliphatic carbocycles. The van der Waals surface area contributed by atoms with Gasteiger partial charge in [-0.05, 0) is 81.5 Å². The van der Waals surface area contributed by atoms with Gasteiger partial charge < -0.3 is 20.1 Å². The van der Waals surface area contributed by atoms with Crippen LogP contribution < -0.4 is 5.32 Å². The summed E-state index contributed by atoms with van der Waals surface area (Å²) in [7, 11) is 0. The molecule has 0 aliphatic heterocycles. The molecule has 0 unspecified atom stereocenters. The number of aryl methyl sites for hydroxylation is 1. The van der Waals surface area contributed by atoms with Crippen molar-refractivity contribution in [3.8, 4) is 0 Å². The van der Waals surface area contributed by atoms with Crippen LogP contribution in [0.4, 0.5) is 0 Å². The van der Waals surface area contributed by atoms with Gasteiger partial charge in [-0.3, -0.25) is 9.78 Å². The van der Waals surface area contributed by atoms with Gasteiger partial charge in [0.1, 0.15) is 11.5 Å². The van der Waals surface area contributed by atoms with Gasteiger partial charge in [-0.2, -0.15) is 0 Å². The molecule has 7 heteroatoms. The topological polar surface area (TPSA) is 77.1 Å². The van der Waals surface area contributed by atoms with Crippen LogP contribution in [0.25, 0.3) is 0 Å². The molecule has 0 saturated carbocycles. The van der Waals surface area contributed by atoms with Crippen LogP contribution in [0.15, 0.2) is 55.0 Å². The summed E-state index contributed by atoms with van der Waals surface area (Å²) in [4.78, 5) is 29.3. The first-order valence-corrected chi connectivity index (χ1v) is 13.3. The number of carbonyl (C=O) groups excluding carboxylic acids is 1. The van der Waals surface area contributed by atoms with Crippen molar-refractivity contribution < 1.29 is 4.79 Å². The Labute approximate surface area is 216 Å². The van der Waals surface area contributed by atoms with Crippen molar-refractivity contribution >= 4 is 5.91 Å². The Bertz CT molecular complexity index is 995. The van der Waals surface area contributed by atoms with Crippen molar-refractivity contribution in [2.75, 3.05) is 26.2 Å². The summed E-state index contributed by atoms with van der Waals surface area (Å²) >= 11 is 0. The fourth-order valence-electron chi connectivity index (χ4n) is 4.29. The highest BCUT2D eigenvalue weighted by atomic mass is 16.2. The predicted molar refractivity (Wildman–Crippen MR) is 146 cm³/mol. The molecular weight excluding hydrogens is 448 g/mol. The van der Waals surface area contributed by atoms with Crippen LogP contribution in [0.5, 0.6) is 0 Å². The monoisotopic (exact) mass is 490 g/mol. The Morgan fingerprint density at radius 2 is 1.67 bits per heavy atom. The number of H-pyrrole nitrogens is 1. The maximum Gasteiger partial charge on any atom is 0.273 e. The van der Waals surface area contributed by atoms with Gasteiger partial charge in [-0.15, -0.1) is 0 Å². The average molecular weight is 491 g/mol. The minimum absolute atomic E-state index is 0.103. The molecular formula is C29H42N6O. The number of nitrogens with zero attached hydrogens (tertiary/aromatic N) is 4. The van der Waals surface area contributed by atoms with Gasteiger partial charge in [0, 0.05) is 31.7 Å². The second-order valence-electron chi connectivity index (χ2n) is 9.46. The van der Waals surface area contributed by atoms with Gasteiger partial charge in [0.2, 0.25) is 0 Å². The van der Waals surface area contributed by atoms with Crippen molar-refractivity contribution in [3.63, 3.8) is 0 Å². The van der Waals surface area contributed by atoms with Crippen LogP contribution in [0.2, 0.25) is 0 Å². The van der Waals surface area contributed by atoms with Crippen molar-refractivity contribution in [2.24, 2.45) is 0 Å². The minimum Gasteiger partial charge on any atom is -0.347 e. The number of imidazole rings is 1. The standard InChI is InChI=1S/C29H42N6O/c1-4-17-34(18-5-2)19-7-6-14-30-21-25-9-11-26(12-10-25)22-35(23-28-31-15-16-32-28)29(36)27-13-8-24(3)20-33-27/h8-13,15-16,20,30H,4-7,14,17-19,21-23H2,1-3H3,(H,31,32). The highest BCUT2D eigenvalue weighted by Crippen LogP contribution is 2.13. The van der Waals surface area contributed by atoms with E-state index in [-0.39, 0.29) is 5.91 Å². The Morgan fingerprint density at radius 3 is 2.31 bits per heavy atom. The molecule has 1 aromatic carbocycles. The van der Waals surface area contributed by atoms with E-state index in [0.29, 0.717) is 18.8 Å². The van der Waals surface area contributed by atoms with Gasteiger partial charge in [0.25, 0.3) is 5.91 Å². The molecule has 36 heavy (non-hydrogen) atoms. The van der Waals surface area contributed by atoms with Gasteiger partial charge in [0.15, 0.2) is 0 Å². The Hall–Kier alpha value is -3.03. The van der Waals surface area contributed by atoms with Crippen LogP contribution in [0.1, 0.15) is 72.5 Å². The Balaban J connectivity index is 1.49. The molecule has 0 fully saturated rings. The molecule has 194 valence electrons. The van der Waals surface area contributed by atoms with E-state index in [2.05, 4.69) is 63.3 Å². The third-order valence-electron chi connectivity index (χ3n) is 6.20. The maximum absolute atomic E-state index is 13.2. The second-order valence-corrected chi connectivity index (χ2v) is 9.46. The summed E-state index contributed by atoms with van der Waals surface area (Å²) in [6.07, 6.45) is 10.1. The lowest BCUT2D eigenvalue weighted by Crippen LogP contribution is -2.31. The largest absolute Gasteiger partial charge is 0.347 e. The van der Waals surface area contributed by atoms with E-state index in [1.165, 1.54) is 50.9 Å². The first-order chi connectivity index (χ1) is 17.6. The zero-order valence-corrected chi connectivity index (χ0v) is 22.2. The third-order valence-corrected chi connectivity index (χ3v) is 6.20. The summed E-state index contributed by atoms with van der Waals surface area (Å²) in [5.41, 5.74) is 3.81. The summed E-state index contributed by atoms with van der Waals surface area (Å²) in [6.45, 7) is 12.9. The summed E-state index contributed by atoms with van der Waals surface area (Å²) < 4.78 is 0. The van der Waals surface area contributed by atoms with Crippen molar-refractivity contribution in [3.05, 3.63) is 83.2 Å². The highest BCUT2D eigenvalue weighted by molar-refractivity contribution is 5.92. The van der Waals surface area contributed by atoms with Crippen LogP contribution in [0, 0.1) is 6.92 Å². The lowest BCUT2D eigenvalue weighted by atomic mass is 10.1. The molecule has 3 rings (SSSR count). The number of hydrogen-bond acceptors (Lipinski definition) is 5. The van der Waals surface area contributed by atoms with E-state index in [4.69, 9.17) is 0 Å². The Kier molecular flexibility index (Phi) is 11.6. The molecule has 3 aromatic rings. The van der Waals surface area contributed by atoms with Gasteiger partial charge >= 0.3 is 0 Å². The third kappa shape index (κ3) is 9.21. The zero-order valence-electron chi connectivity index (χ0n) is 22.2. The number of aromatic nitrogens is 3. The van der Waals surface area contributed by atoms with E-state index >= 15 is 0 Å². The number of benzene rings is 1. The number of aromatic amines is 1.